The average molecular weight is 268 g/mol. The number of aryl methyl sites for hydroxylation is 1. The minimum absolute atomic E-state index is 0.250. The first-order valence-corrected chi connectivity index (χ1v) is 6.27. The van der Waals surface area contributed by atoms with Crippen LogP contribution in [0.2, 0.25) is 0 Å². The molecule has 0 bridgehead atoms. The van der Waals surface area contributed by atoms with Crippen molar-refractivity contribution in [3.63, 3.8) is 0 Å². The van der Waals surface area contributed by atoms with E-state index in [2.05, 4.69) is 5.32 Å². The second kappa shape index (κ2) is 5.57. The molecule has 0 radical (unpaired) electrons. The van der Waals surface area contributed by atoms with Crippen LogP contribution >= 0.6 is 0 Å². The quantitative estimate of drug-likeness (QED) is 0.898. The maximum absolute atomic E-state index is 12.3. The number of benzene rings is 2. The van der Waals surface area contributed by atoms with Gasteiger partial charge in [0, 0.05) is 5.56 Å². The lowest BCUT2D eigenvalue weighted by Gasteiger charge is -2.11. The standard InChI is InChI=1S/C16H16N2O2/c1-10-6-5-8-12(11(10)2)16(20)18-14-9-4-3-7-13(14)15(17)19/h3-9H,1-2H3,(H2,17,19)(H,18,20). The molecule has 2 aromatic rings. The Bertz CT molecular complexity index is 678. The fourth-order valence-corrected chi connectivity index (χ4v) is 1.99. The predicted molar refractivity (Wildman–Crippen MR) is 78.8 cm³/mol. The number of primary amides is 1. The molecule has 2 aromatic carbocycles. The molecule has 0 spiro atoms. The number of amides is 2. The van der Waals surface area contributed by atoms with Crippen LogP contribution in [-0.4, -0.2) is 11.8 Å². The zero-order chi connectivity index (χ0) is 14.7. The van der Waals surface area contributed by atoms with Gasteiger partial charge < -0.3 is 11.1 Å². The van der Waals surface area contributed by atoms with E-state index < -0.39 is 5.91 Å². The normalized spacial score (nSPS) is 10.1. The van der Waals surface area contributed by atoms with E-state index in [-0.39, 0.29) is 5.91 Å². The summed E-state index contributed by atoms with van der Waals surface area (Å²) in [5, 5.41) is 2.74. The van der Waals surface area contributed by atoms with E-state index >= 15 is 0 Å². The lowest BCUT2D eigenvalue weighted by molar-refractivity contribution is 0.100. The number of hydrogen-bond acceptors (Lipinski definition) is 2. The van der Waals surface area contributed by atoms with Crippen molar-refractivity contribution < 1.29 is 9.59 Å². The van der Waals surface area contributed by atoms with E-state index in [1.807, 2.05) is 26.0 Å². The van der Waals surface area contributed by atoms with Crippen LogP contribution in [0.1, 0.15) is 31.8 Å². The summed E-state index contributed by atoms with van der Waals surface area (Å²) in [6, 6.07) is 12.2. The van der Waals surface area contributed by atoms with Gasteiger partial charge in [0.05, 0.1) is 11.3 Å². The molecule has 0 saturated heterocycles. The van der Waals surface area contributed by atoms with Gasteiger partial charge in [-0.25, -0.2) is 0 Å². The van der Waals surface area contributed by atoms with Gasteiger partial charge in [-0.1, -0.05) is 24.3 Å². The van der Waals surface area contributed by atoms with Crippen LogP contribution < -0.4 is 11.1 Å². The number of carbonyl (C=O) groups excluding carboxylic acids is 2. The SMILES string of the molecule is Cc1cccc(C(=O)Nc2ccccc2C(N)=O)c1C. The molecule has 3 N–H and O–H groups in total. The van der Waals surface area contributed by atoms with Crippen LogP contribution in [-0.2, 0) is 0 Å². The number of hydrogen-bond donors (Lipinski definition) is 2. The molecule has 20 heavy (non-hydrogen) atoms. The Labute approximate surface area is 117 Å². The largest absolute Gasteiger partial charge is 0.366 e. The molecule has 0 atom stereocenters. The molecule has 0 aliphatic rings. The zero-order valence-electron chi connectivity index (χ0n) is 11.4. The highest BCUT2D eigenvalue weighted by atomic mass is 16.2. The second-order valence-corrected chi connectivity index (χ2v) is 4.61. The van der Waals surface area contributed by atoms with Crippen LogP contribution in [0.4, 0.5) is 5.69 Å². The average Bonchev–Trinajstić information content (AvgIpc) is 2.42. The monoisotopic (exact) mass is 268 g/mol. The number of para-hydroxylation sites is 1. The van der Waals surface area contributed by atoms with Gasteiger partial charge in [0.2, 0.25) is 0 Å². The lowest BCUT2D eigenvalue weighted by Crippen LogP contribution is -2.19. The fraction of sp³-hybridized carbons (Fsp3) is 0.125. The highest BCUT2D eigenvalue weighted by molar-refractivity contribution is 6.09. The van der Waals surface area contributed by atoms with Crippen LogP contribution in [0.15, 0.2) is 42.5 Å². The Morgan fingerprint density at radius 3 is 2.30 bits per heavy atom. The van der Waals surface area contributed by atoms with Crippen molar-refractivity contribution in [1.82, 2.24) is 0 Å². The molecule has 0 aliphatic heterocycles. The Morgan fingerprint density at radius 1 is 0.950 bits per heavy atom. The molecule has 0 aromatic heterocycles. The van der Waals surface area contributed by atoms with Crippen molar-refractivity contribution >= 4 is 17.5 Å². The summed E-state index contributed by atoms with van der Waals surface area (Å²) in [6.07, 6.45) is 0. The van der Waals surface area contributed by atoms with Gasteiger partial charge in [0.15, 0.2) is 0 Å². The van der Waals surface area contributed by atoms with E-state index in [1.165, 1.54) is 0 Å². The minimum atomic E-state index is -0.568. The van der Waals surface area contributed by atoms with Crippen molar-refractivity contribution in [3.05, 3.63) is 64.7 Å². The van der Waals surface area contributed by atoms with Crippen molar-refractivity contribution in [2.75, 3.05) is 5.32 Å². The summed E-state index contributed by atoms with van der Waals surface area (Å²) < 4.78 is 0. The van der Waals surface area contributed by atoms with Gasteiger partial charge in [-0.05, 0) is 43.2 Å². The Kier molecular flexibility index (Phi) is 3.84. The molecule has 2 amide bonds. The van der Waals surface area contributed by atoms with Crippen molar-refractivity contribution in [2.24, 2.45) is 5.73 Å². The predicted octanol–water partition coefficient (Wildman–Crippen LogP) is 2.65. The fourth-order valence-electron chi connectivity index (χ4n) is 1.99. The number of nitrogens with one attached hydrogen (secondary N) is 1. The number of nitrogens with two attached hydrogens (primary N) is 1. The molecule has 102 valence electrons. The van der Waals surface area contributed by atoms with E-state index in [0.29, 0.717) is 16.8 Å². The third-order valence-corrected chi connectivity index (χ3v) is 3.29. The number of rotatable bonds is 3. The lowest BCUT2D eigenvalue weighted by atomic mass is 10.0. The molecule has 4 nitrogen and oxygen atoms in total. The molecule has 0 heterocycles. The van der Waals surface area contributed by atoms with E-state index in [0.717, 1.165) is 11.1 Å². The maximum atomic E-state index is 12.3. The summed E-state index contributed by atoms with van der Waals surface area (Å²) in [6.45, 7) is 3.84. The molecule has 0 fully saturated rings. The molecule has 0 unspecified atom stereocenters. The van der Waals surface area contributed by atoms with Gasteiger partial charge in [0.25, 0.3) is 11.8 Å². The van der Waals surface area contributed by atoms with Crippen molar-refractivity contribution in [2.45, 2.75) is 13.8 Å². The molecule has 0 aliphatic carbocycles. The second-order valence-electron chi connectivity index (χ2n) is 4.61. The Balaban J connectivity index is 2.33. The van der Waals surface area contributed by atoms with Gasteiger partial charge in [-0.15, -0.1) is 0 Å². The third kappa shape index (κ3) is 2.69. The highest BCUT2D eigenvalue weighted by Gasteiger charge is 2.13. The Hall–Kier alpha value is -2.62. The minimum Gasteiger partial charge on any atom is -0.366 e. The first-order chi connectivity index (χ1) is 9.50. The molecule has 2 rings (SSSR count). The summed E-state index contributed by atoms with van der Waals surface area (Å²) in [4.78, 5) is 23.6. The topological polar surface area (TPSA) is 72.2 Å². The van der Waals surface area contributed by atoms with Gasteiger partial charge in [0.1, 0.15) is 0 Å². The number of carbonyl (C=O) groups is 2. The van der Waals surface area contributed by atoms with E-state index in [4.69, 9.17) is 5.73 Å². The van der Waals surface area contributed by atoms with E-state index in [1.54, 1.807) is 30.3 Å². The summed E-state index contributed by atoms with van der Waals surface area (Å²) in [7, 11) is 0. The highest BCUT2D eigenvalue weighted by Crippen LogP contribution is 2.18. The van der Waals surface area contributed by atoms with E-state index in [9.17, 15) is 9.59 Å². The van der Waals surface area contributed by atoms with Crippen molar-refractivity contribution in [1.29, 1.82) is 0 Å². The zero-order valence-corrected chi connectivity index (χ0v) is 11.4. The molecular formula is C16H16N2O2. The van der Waals surface area contributed by atoms with Crippen LogP contribution in [0, 0.1) is 13.8 Å². The smallest absolute Gasteiger partial charge is 0.255 e. The van der Waals surface area contributed by atoms with Gasteiger partial charge in [-0.2, -0.15) is 0 Å². The van der Waals surface area contributed by atoms with Crippen LogP contribution in [0.3, 0.4) is 0 Å². The molecule has 0 saturated carbocycles. The Morgan fingerprint density at radius 2 is 1.60 bits per heavy atom. The molecule has 4 heteroatoms. The maximum Gasteiger partial charge on any atom is 0.255 e. The van der Waals surface area contributed by atoms with Crippen molar-refractivity contribution in [3.8, 4) is 0 Å². The van der Waals surface area contributed by atoms with Gasteiger partial charge >= 0.3 is 0 Å². The first kappa shape index (κ1) is 13.8. The van der Waals surface area contributed by atoms with Crippen LogP contribution in [0.5, 0.6) is 0 Å². The van der Waals surface area contributed by atoms with Crippen LogP contribution in [0.25, 0.3) is 0 Å². The summed E-state index contributed by atoms with van der Waals surface area (Å²) in [5.74, 6) is -0.818. The third-order valence-electron chi connectivity index (χ3n) is 3.29. The summed E-state index contributed by atoms with van der Waals surface area (Å²) >= 11 is 0. The van der Waals surface area contributed by atoms with Gasteiger partial charge in [-0.3, -0.25) is 9.59 Å². The summed E-state index contributed by atoms with van der Waals surface area (Å²) in [5.41, 5.74) is 8.56. The number of anilines is 1. The first-order valence-electron chi connectivity index (χ1n) is 6.27. The molecular weight excluding hydrogens is 252 g/mol.